The lowest BCUT2D eigenvalue weighted by molar-refractivity contribution is -0.192. The van der Waals surface area contributed by atoms with Gasteiger partial charge >= 0.3 is 18.1 Å². The quantitative estimate of drug-likeness (QED) is 0.728. The molecule has 0 spiro atoms. The molecule has 0 aromatic rings. The van der Waals surface area contributed by atoms with E-state index in [0.717, 1.165) is 12.8 Å². The van der Waals surface area contributed by atoms with Crippen LogP contribution in [0.5, 0.6) is 0 Å². The monoisotopic (exact) mass is 299 g/mol. The molecule has 3 fully saturated rings. The number of carboxylic acid groups (broad SMARTS) is 1. The van der Waals surface area contributed by atoms with Crippen LogP contribution < -0.4 is 5.73 Å². The number of carbonyl (C=O) groups is 2. The second kappa shape index (κ2) is 5.21. The van der Waals surface area contributed by atoms with Crippen molar-refractivity contribution in [2.45, 2.75) is 37.6 Å². The number of carbonyl (C=O) groups excluding carboxylic acids is 1. The minimum absolute atomic E-state index is 0.127. The maximum absolute atomic E-state index is 11.4. The lowest BCUT2D eigenvalue weighted by Crippen LogP contribution is -2.49. The highest BCUT2D eigenvalue weighted by molar-refractivity contribution is 5.77. The molecule has 0 aromatic carbocycles. The number of ether oxygens (including phenoxy) is 2. The van der Waals surface area contributed by atoms with Gasteiger partial charge in [-0.1, -0.05) is 0 Å². The van der Waals surface area contributed by atoms with Crippen molar-refractivity contribution >= 4 is 11.9 Å². The van der Waals surface area contributed by atoms with Gasteiger partial charge in [-0.25, -0.2) is 9.59 Å². The first kappa shape index (κ1) is 16.7. The third kappa shape index (κ3) is 3.04. The van der Waals surface area contributed by atoms with Gasteiger partial charge in [0, 0.05) is 12.0 Å². The molecule has 0 amide bonds. The van der Waals surface area contributed by atoms with Crippen LogP contribution in [0.2, 0.25) is 0 Å². The lowest BCUT2D eigenvalue weighted by Gasteiger charge is -2.42. The third-order valence-corrected chi connectivity index (χ3v) is 3.47. The predicted molar refractivity (Wildman–Crippen MR) is 59.7 cm³/mol. The van der Waals surface area contributed by atoms with Gasteiger partial charge in [-0.3, -0.25) is 0 Å². The standard InChI is InChI=1S/C9H15NO3.C2HF3O2/c1-8-3-9(4-8,5-10)6(13-8)7(11)12-2;3-2(4,5)1(6)7/h6H,3-5,10H2,1-2H3;(H,6,7). The van der Waals surface area contributed by atoms with Gasteiger partial charge in [0.1, 0.15) is 0 Å². The minimum atomic E-state index is -5.08. The molecule has 3 rings (SSSR count). The number of nitrogens with two attached hydrogens (primary N) is 1. The summed E-state index contributed by atoms with van der Waals surface area (Å²) in [6.07, 6.45) is -3.75. The maximum Gasteiger partial charge on any atom is 0.490 e. The molecular formula is C11H16F3NO5. The molecule has 116 valence electrons. The largest absolute Gasteiger partial charge is 0.490 e. The smallest absolute Gasteiger partial charge is 0.475 e. The average molecular weight is 299 g/mol. The van der Waals surface area contributed by atoms with Gasteiger partial charge < -0.3 is 20.3 Å². The van der Waals surface area contributed by atoms with Crippen LogP contribution in [-0.4, -0.2) is 48.6 Å². The summed E-state index contributed by atoms with van der Waals surface area (Å²) in [5.74, 6) is -3.04. The molecule has 1 unspecified atom stereocenters. The summed E-state index contributed by atoms with van der Waals surface area (Å²) < 4.78 is 42.0. The average Bonchev–Trinajstić information content (AvgIpc) is 2.76. The Balaban J connectivity index is 0.000000246. The summed E-state index contributed by atoms with van der Waals surface area (Å²) >= 11 is 0. The van der Waals surface area contributed by atoms with Gasteiger partial charge in [0.25, 0.3) is 0 Å². The fourth-order valence-electron chi connectivity index (χ4n) is 2.77. The first-order valence-corrected chi connectivity index (χ1v) is 5.75. The summed E-state index contributed by atoms with van der Waals surface area (Å²) in [6, 6.07) is 0. The van der Waals surface area contributed by atoms with Crippen molar-refractivity contribution in [1.29, 1.82) is 0 Å². The van der Waals surface area contributed by atoms with Gasteiger partial charge in [0.05, 0.1) is 12.7 Å². The van der Waals surface area contributed by atoms with Crippen molar-refractivity contribution in [2.24, 2.45) is 11.1 Å². The van der Waals surface area contributed by atoms with Crippen molar-refractivity contribution in [2.75, 3.05) is 13.7 Å². The Morgan fingerprint density at radius 3 is 2.20 bits per heavy atom. The molecule has 2 saturated heterocycles. The Hall–Kier alpha value is -1.35. The van der Waals surface area contributed by atoms with Crippen LogP contribution in [-0.2, 0) is 19.1 Å². The van der Waals surface area contributed by atoms with Crippen LogP contribution in [0.15, 0.2) is 0 Å². The molecule has 0 aromatic heterocycles. The molecule has 1 aliphatic carbocycles. The molecular weight excluding hydrogens is 283 g/mol. The number of hydrogen-bond donors (Lipinski definition) is 2. The summed E-state index contributed by atoms with van der Waals surface area (Å²) in [6.45, 7) is 2.52. The zero-order chi connectivity index (χ0) is 15.8. The normalized spacial score (nSPS) is 34.6. The Morgan fingerprint density at radius 2 is 1.90 bits per heavy atom. The van der Waals surface area contributed by atoms with Crippen molar-refractivity contribution in [3.05, 3.63) is 0 Å². The number of rotatable bonds is 2. The Bertz CT molecular complexity index is 403. The molecule has 9 heteroatoms. The first-order chi connectivity index (χ1) is 8.99. The number of hydrogen-bond acceptors (Lipinski definition) is 5. The van der Waals surface area contributed by atoms with Crippen LogP contribution in [0.25, 0.3) is 0 Å². The number of aliphatic carboxylic acids is 1. The van der Waals surface area contributed by atoms with Gasteiger partial charge in [0.15, 0.2) is 6.10 Å². The SMILES string of the molecule is COC(=O)C1OC2(C)CC1(CN)C2.O=C(O)C(F)(F)F. The molecule has 3 aliphatic rings. The predicted octanol–water partition coefficient (Wildman–Crippen LogP) is 0.689. The Kier molecular flexibility index (Phi) is 4.35. The Morgan fingerprint density at radius 1 is 1.45 bits per heavy atom. The van der Waals surface area contributed by atoms with Gasteiger partial charge in [-0.15, -0.1) is 0 Å². The number of carboxylic acids is 1. The summed E-state index contributed by atoms with van der Waals surface area (Å²) in [5.41, 5.74) is 5.40. The van der Waals surface area contributed by atoms with E-state index in [1.807, 2.05) is 6.92 Å². The van der Waals surface area contributed by atoms with E-state index in [9.17, 15) is 18.0 Å². The van der Waals surface area contributed by atoms with E-state index < -0.39 is 18.2 Å². The van der Waals surface area contributed by atoms with Crippen LogP contribution in [0.4, 0.5) is 13.2 Å². The highest BCUT2D eigenvalue weighted by Gasteiger charge is 2.67. The topological polar surface area (TPSA) is 98.9 Å². The lowest BCUT2D eigenvalue weighted by atomic mass is 9.61. The van der Waals surface area contributed by atoms with E-state index in [1.54, 1.807) is 0 Å². The molecule has 2 aliphatic heterocycles. The number of halogens is 3. The highest BCUT2D eigenvalue weighted by atomic mass is 19.4. The van der Waals surface area contributed by atoms with Gasteiger partial charge in [0.2, 0.25) is 0 Å². The van der Waals surface area contributed by atoms with Crippen molar-refractivity contribution < 1.29 is 37.3 Å². The molecule has 2 bridgehead atoms. The van der Waals surface area contributed by atoms with E-state index in [-0.39, 0.29) is 17.0 Å². The molecule has 0 radical (unpaired) electrons. The van der Waals surface area contributed by atoms with Crippen molar-refractivity contribution in [3.8, 4) is 0 Å². The molecule has 1 atom stereocenters. The second-order valence-electron chi connectivity index (χ2n) is 5.19. The molecule has 3 N–H and O–H groups in total. The zero-order valence-corrected chi connectivity index (χ0v) is 11.0. The fourth-order valence-corrected chi connectivity index (χ4v) is 2.77. The van der Waals surface area contributed by atoms with E-state index in [0.29, 0.717) is 6.54 Å². The Labute approximate surface area is 113 Å². The summed E-state index contributed by atoms with van der Waals surface area (Å²) in [5, 5.41) is 7.12. The second-order valence-corrected chi connectivity index (χ2v) is 5.19. The summed E-state index contributed by atoms with van der Waals surface area (Å²) in [4.78, 5) is 20.3. The number of fused-ring (bicyclic) bond motifs is 1. The molecule has 1 saturated carbocycles. The van der Waals surface area contributed by atoms with E-state index in [4.69, 9.17) is 20.4 Å². The molecule has 6 nitrogen and oxygen atoms in total. The third-order valence-electron chi connectivity index (χ3n) is 3.47. The molecule has 2 heterocycles. The van der Waals surface area contributed by atoms with Crippen LogP contribution >= 0.6 is 0 Å². The van der Waals surface area contributed by atoms with Gasteiger partial charge in [-0.05, 0) is 19.8 Å². The van der Waals surface area contributed by atoms with Crippen LogP contribution in [0.3, 0.4) is 0 Å². The van der Waals surface area contributed by atoms with E-state index >= 15 is 0 Å². The van der Waals surface area contributed by atoms with Crippen LogP contribution in [0.1, 0.15) is 19.8 Å². The fraction of sp³-hybridized carbons (Fsp3) is 0.818. The van der Waals surface area contributed by atoms with E-state index in [2.05, 4.69) is 4.74 Å². The number of esters is 1. The van der Waals surface area contributed by atoms with Crippen molar-refractivity contribution in [1.82, 2.24) is 0 Å². The highest BCUT2D eigenvalue weighted by Crippen LogP contribution is 2.60. The van der Waals surface area contributed by atoms with E-state index in [1.165, 1.54) is 7.11 Å². The summed E-state index contributed by atoms with van der Waals surface area (Å²) in [7, 11) is 1.38. The van der Waals surface area contributed by atoms with Crippen molar-refractivity contribution in [3.63, 3.8) is 0 Å². The number of alkyl halides is 3. The maximum atomic E-state index is 11.4. The zero-order valence-electron chi connectivity index (χ0n) is 11.0. The van der Waals surface area contributed by atoms with Crippen LogP contribution in [0, 0.1) is 5.41 Å². The first-order valence-electron chi connectivity index (χ1n) is 5.75. The minimum Gasteiger partial charge on any atom is -0.475 e. The number of methoxy groups -OCH3 is 1. The molecule has 20 heavy (non-hydrogen) atoms. The van der Waals surface area contributed by atoms with Gasteiger partial charge in [-0.2, -0.15) is 13.2 Å².